The van der Waals surface area contributed by atoms with Gasteiger partial charge in [-0.05, 0) is 31.4 Å². The summed E-state index contributed by atoms with van der Waals surface area (Å²) in [5.41, 5.74) is 1.67. The average molecular weight is 240 g/mol. The number of benzene rings is 1. The lowest BCUT2D eigenvalue weighted by Gasteiger charge is -2.27. The smallest absolute Gasteiger partial charge is 0.254 e. The summed E-state index contributed by atoms with van der Waals surface area (Å²) >= 11 is 0. The van der Waals surface area contributed by atoms with E-state index in [-0.39, 0.29) is 5.91 Å². The van der Waals surface area contributed by atoms with Crippen LogP contribution in [0, 0.1) is 0 Å². The Kier molecular flexibility index (Phi) is 2.97. The highest BCUT2D eigenvalue weighted by Crippen LogP contribution is 2.20. The number of aromatic nitrogens is 1. The molecule has 18 heavy (non-hydrogen) atoms. The molecule has 3 rings (SSSR count). The van der Waals surface area contributed by atoms with Crippen molar-refractivity contribution >= 4 is 16.8 Å². The summed E-state index contributed by atoms with van der Waals surface area (Å²) < 4.78 is 0. The van der Waals surface area contributed by atoms with Gasteiger partial charge in [0.05, 0.1) is 11.1 Å². The van der Waals surface area contributed by atoms with Crippen LogP contribution in [0.2, 0.25) is 0 Å². The highest BCUT2D eigenvalue weighted by Gasteiger charge is 2.19. The number of piperidine rings is 1. The van der Waals surface area contributed by atoms with E-state index in [1.165, 1.54) is 6.42 Å². The zero-order valence-corrected chi connectivity index (χ0v) is 10.3. The van der Waals surface area contributed by atoms with E-state index in [1.807, 2.05) is 35.2 Å². The van der Waals surface area contributed by atoms with Gasteiger partial charge < -0.3 is 4.90 Å². The summed E-state index contributed by atoms with van der Waals surface area (Å²) in [6.45, 7) is 1.77. The zero-order valence-electron chi connectivity index (χ0n) is 10.3. The van der Waals surface area contributed by atoms with E-state index >= 15 is 0 Å². The second-order valence-corrected chi connectivity index (χ2v) is 4.73. The molecule has 2 aromatic rings. The minimum Gasteiger partial charge on any atom is -0.339 e. The van der Waals surface area contributed by atoms with Crippen molar-refractivity contribution < 1.29 is 4.79 Å². The second kappa shape index (κ2) is 4.77. The summed E-state index contributed by atoms with van der Waals surface area (Å²) in [6.07, 6.45) is 5.20. The molecule has 1 aliphatic rings. The molecule has 1 aromatic heterocycles. The van der Waals surface area contributed by atoms with Crippen LogP contribution >= 0.6 is 0 Å². The fraction of sp³-hybridized carbons (Fsp3) is 0.333. The number of para-hydroxylation sites is 1. The van der Waals surface area contributed by atoms with Gasteiger partial charge in [-0.15, -0.1) is 0 Å². The number of rotatable bonds is 1. The first-order chi connectivity index (χ1) is 8.86. The van der Waals surface area contributed by atoms with Crippen molar-refractivity contribution in [3.63, 3.8) is 0 Å². The number of likely N-dealkylation sites (tertiary alicyclic amines) is 1. The molecule has 1 aromatic carbocycles. The maximum Gasteiger partial charge on any atom is 0.254 e. The van der Waals surface area contributed by atoms with Crippen LogP contribution in [0.1, 0.15) is 29.6 Å². The first kappa shape index (κ1) is 11.2. The predicted octanol–water partition coefficient (Wildman–Crippen LogP) is 2.86. The van der Waals surface area contributed by atoms with Gasteiger partial charge in [0.25, 0.3) is 5.91 Å². The van der Waals surface area contributed by atoms with Gasteiger partial charge in [-0.25, -0.2) is 0 Å². The Morgan fingerprint density at radius 2 is 1.83 bits per heavy atom. The molecule has 1 saturated heterocycles. The largest absolute Gasteiger partial charge is 0.339 e. The Bertz CT molecular complexity index is 568. The molecular weight excluding hydrogens is 224 g/mol. The van der Waals surface area contributed by atoms with Crippen molar-refractivity contribution in [1.29, 1.82) is 0 Å². The second-order valence-electron chi connectivity index (χ2n) is 4.73. The van der Waals surface area contributed by atoms with Crippen molar-refractivity contribution in [3.05, 3.63) is 42.1 Å². The third-order valence-corrected chi connectivity index (χ3v) is 3.52. The number of nitrogens with zero attached hydrogens (tertiary/aromatic N) is 2. The quantitative estimate of drug-likeness (QED) is 0.768. The SMILES string of the molecule is O=C(c1ccnc2ccccc12)N1CCCCC1. The molecule has 1 amide bonds. The van der Waals surface area contributed by atoms with Crippen molar-refractivity contribution in [2.75, 3.05) is 13.1 Å². The average Bonchev–Trinajstić information content (AvgIpc) is 2.47. The number of hydrogen-bond donors (Lipinski definition) is 0. The van der Waals surface area contributed by atoms with E-state index < -0.39 is 0 Å². The lowest BCUT2D eigenvalue weighted by Crippen LogP contribution is -2.35. The fourth-order valence-electron chi connectivity index (χ4n) is 2.55. The normalized spacial score (nSPS) is 15.9. The Morgan fingerprint density at radius 3 is 2.67 bits per heavy atom. The van der Waals surface area contributed by atoms with E-state index in [2.05, 4.69) is 4.98 Å². The van der Waals surface area contributed by atoms with Crippen molar-refractivity contribution in [3.8, 4) is 0 Å². The van der Waals surface area contributed by atoms with Crippen LogP contribution in [-0.2, 0) is 0 Å². The van der Waals surface area contributed by atoms with Crippen molar-refractivity contribution in [1.82, 2.24) is 9.88 Å². The van der Waals surface area contributed by atoms with E-state index in [0.717, 1.165) is 42.4 Å². The van der Waals surface area contributed by atoms with Gasteiger partial charge in [-0.1, -0.05) is 18.2 Å². The molecule has 0 atom stereocenters. The topological polar surface area (TPSA) is 33.2 Å². The Labute approximate surface area is 106 Å². The molecule has 0 bridgehead atoms. The Balaban J connectivity index is 2.00. The molecule has 2 heterocycles. The molecule has 0 aliphatic carbocycles. The minimum atomic E-state index is 0.147. The summed E-state index contributed by atoms with van der Waals surface area (Å²) in [6, 6.07) is 9.66. The molecule has 3 nitrogen and oxygen atoms in total. The van der Waals surface area contributed by atoms with Crippen LogP contribution < -0.4 is 0 Å². The van der Waals surface area contributed by atoms with Crippen molar-refractivity contribution in [2.45, 2.75) is 19.3 Å². The van der Waals surface area contributed by atoms with Gasteiger partial charge in [0, 0.05) is 24.7 Å². The van der Waals surface area contributed by atoms with Gasteiger partial charge in [0.2, 0.25) is 0 Å². The van der Waals surface area contributed by atoms with E-state index in [0.29, 0.717) is 0 Å². The van der Waals surface area contributed by atoms with E-state index in [1.54, 1.807) is 6.20 Å². The fourth-order valence-corrected chi connectivity index (χ4v) is 2.55. The number of carbonyl (C=O) groups excluding carboxylic acids is 1. The number of carbonyl (C=O) groups is 1. The minimum absolute atomic E-state index is 0.147. The summed E-state index contributed by atoms with van der Waals surface area (Å²) in [5.74, 6) is 0.147. The molecule has 0 saturated carbocycles. The van der Waals surface area contributed by atoms with Gasteiger partial charge in [-0.3, -0.25) is 9.78 Å². The maximum absolute atomic E-state index is 12.5. The molecule has 92 valence electrons. The monoisotopic (exact) mass is 240 g/mol. The lowest BCUT2D eigenvalue weighted by molar-refractivity contribution is 0.0726. The first-order valence-corrected chi connectivity index (χ1v) is 6.49. The number of fused-ring (bicyclic) bond motifs is 1. The predicted molar refractivity (Wildman–Crippen MR) is 71.5 cm³/mol. The van der Waals surface area contributed by atoms with Gasteiger partial charge in [0.15, 0.2) is 0 Å². The van der Waals surface area contributed by atoms with Gasteiger partial charge in [0.1, 0.15) is 0 Å². The molecule has 1 fully saturated rings. The van der Waals surface area contributed by atoms with Crippen LogP contribution in [0.25, 0.3) is 10.9 Å². The molecular formula is C15H16N2O. The number of pyridine rings is 1. The highest BCUT2D eigenvalue weighted by atomic mass is 16.2. The summed E-state index contributed by atoms with van der Waals surface area (Å²) in [5, 5.41) is 0.954. The molecule has 0 radical (unpaired) electrons. The molecule has 3 heteroatoms. The molecule has 0 spiro atoms. The van der Waals surface area contributed by atoms with Crippen LogP contribution in [0.4, 0.5) is 0 Å². The van der Waals surface area contributed by atoms with Crippen LogP contribution in [0.3, 0.4) is 0 Å². The first-order valence-electron chi connectivity index (χ1n) is 6.49. The van der Waals surface area contributed by atoms with Crippen LogP contribution in [-0.4, -0.2) is 28.9 Å². The summed E-state index contributed by atoms with van der Waals surface area (Å²) in [4.78, 5) is 18.8. The molecule has 1 aliphatic heterocycles. The Hall–Kier alpha value is -1.90. The van der Waals surface area contributed by atoms with Gasteiger partial charge >= 0.3 is 0 Å². The zero-order chi connectivity index (χ0) is 12.4. The van der Waals surface area contributed by atoms with Gasteiger partial charge in [-0.2, -0.15) is 0 Å². The molecule has 0 unspecified atom stereocenters. The van der Waals surface area contributed by atoms with E-state index in [9.17, 15) is 4.79 Å². The number of amides is 1. The van der Waals surface area contributed by atoms with E-state index in [4.69, 9.17) is 0 Å². The number of hydrogen-bond acceptors (Lipinski definition) is 2. The maximum atomic E-state index is 12.5. The van der Waals surface area contributed by atoms with Crippen molar-refractivity contribution in [2.24, 2.45) is 0 Å². The van der Waals surface area contributed by atoms with Crippen LogP contribution in [0.5, 0.6) is 0 Å². The third-order valence-electron chi connectivity index (χ3n) is 3.52. The third kappa shape index (κ3) is 1.96. The Morgan fingerprint density at radius 1 is 1.06 bits per heavy atom. The summed E-state index contributed by atoms with van der Waals surface area (Å²) in [7, 11) is 0. The lowest BCUT2D eigenvalue weighted by atomic mass is 10.1. The highest BCUT2D eigenvalue weighted by molar-refractivity contribution is 6.05. The molecule has 0 N–H and O–H groups in total. The van der Waals surface area contributed by atoms with Crippen LogP contribution in [0.15, 0.2) is 36.5 Å². The standard InChI is InChI=1S/C15H16N2O/c18-15(17-10-4-1-5-11-17)13-8-9-16-14-7-3-2-6-12(13)14/h2-3,6-9H,1,4-5,10-11H2.